The third kappa shape index (κ3) is 6.04. The molecule has 0 bridgehead atoms. The molecule has 0 spiro atoms. The number of sulfonamides is 1. The van der Waals surface area contributed by atoms with Crippen LogP contribution in [0.5, 0.6) is 0 Å². The zero-order valence-electron chi connectivity index (χ0n) is 22.4. The number of carbonyl (C=O) groups is 1. The molecule has 1 aliphatic rings. The van der Waals surface area contributed by atoms with Crippen molar-refractivity contribution in [1.82, 2.24) is 19.7 Å². The van der Waals surface area contributed by atoms with E-state index in [4.69, 9.17) is 10.7 Å². The van der Waals surface area contributed by atoms with Gasteiger partial charge in [-0.15, -0.1) is 0 Å². The molecule has 10 nitrogen and oxygen atoms in total. The van der Waals surface area contributed by atoms with E-state index in [9.17, 15) is 13.2 Å². The number of nitrogen functional groups attached to an aromatic ring is 1. The topological polar surface area (TPSA) is 143 Å². The van der Waals surface area contributed by atoms with Crippen LogP contribution >= 0.6 is 0 Å². The zero-order chi connectivity index (χ0) is 27.7. The van der Waals surface area contributed by atoms with E-state index < -0.39 is 15.9 Å². The van der Waals surface area contributed by atoms with Gasteiger partial charge >= 0.3 is 0 Å². The highest BCUT2D eigenvalue weighted by atomic mass is 32.2. The molecule has 4 N–H and O–H groups in total. The number of nitrogens with zero attached hydrogens (tertiary/aromatic N) is 4. The summed E-state index contributed by atoms with van der Waals surface area (Å²) in [5.74, 6) is 1.25. The Kier molecular flexibility index (Phi) is 7.59. The highest BCUT2D eigenvalue weighted by Gasteiger charge is 2.39. The number of nitrogens with one attached hydrogen (secondary N) is 2. The lowest BCUT2D eigenvalue weighted by molar-refractivity contribution is 0.0981. The molecule has 0 saturated carbocycles. The van der Waals surface area contributed by atoms with Crippen LogP contribution in [0, 0.1) is 11.8 Å². The molecule has 4 heterocycles. The minimum atomic E-state index is -4.24. The molecular formula is C27H37N7O3S. The maximum Gasteiger partial charge on any atom is 0.281 e. The highest BCUT2D eigenvalue weighted by Crippen LogP contribution is 2.38. The summed E-state index contributed by atoms with van der Waals surface area (Å²) in [4.78, 5) is 28.6. The summed E-state index contributed by atoms with van der Waals surface area (Å²) < 4.78 is 28.0. The molecule has 0 aromatic carbocycles. The number of anilines is 3. The van der Waals surface area contributed by atoms with Gasteiger partial charge in [-0.3, -0.25) is 4.79 Å². The van der Waals surface area contributed by atoms with E-state index in [1.165, 1.54) is 18.2 Å². The van der Waals surface area contributed by atoms with Crippen LogP contribution in [-0.2, 0) is 10.0 Å². The maximum absolute atomic E-state index is 13.4. The summed E-state index contributed by atoms with van der Waals surface area (Å²) in [5, 5.41) is 2.99. The zero-order valence-corrected chi connectivity index (χ0v) is 23.2. The molecule has 204 valence electrons. The number of amides is 1. The minimum Gasteiger partial charge on any atom is -0.384 e. The molecule has 38 heavy (non-hydrogen) atoms. The van der Waals surface area contributed by atoms with E-state index in [-0.39, 0.29) is 23.4 Å². The lowest BCUT2D eigenvalue weighted by Gasteiger charge is -2.34. The first-order chi connectivity index (χ1) is 17.9. The Balaban J connectivity index is 0.00000420. The van der Waals surface area contributed by atoms with Crippen LogP contribution in [0.25, 0.3) is 11.3 Å². The van der Waals surface area contributed by atoms with Gasteiger partial charge in [-0.1, -0.05) is 26.8 Å². The second-order valence-electron chi connectivity index (χ2n) is 10.8. The molecule has 11 heteroatoms. The smallest absolute Gasteiger partial charge is 0.281 e. The second kappa shape index (κ2) is 10.6. The lowest BCUT2D eigenvalue weighted by atomic mass is 9.97. The number of nitrogens with two attached hydrogens (primary N) is 1. The molecule has 1 saturated heterocycles. The van der Waals surface area contributed by atoms with Gasteiger partial charge in [0, 0.05) is 31.8 Å². The Morgan fingerprint density at radius 3 is 2.63 bits per heavy atom. The van der Waals surface area contributed by atoms with Gasteiger partial charge in [0.15, 0.2) is 5.03 Å². The molecule has 0 aliphatic carbocycles. The summed E-state index contributed by atoms with van der Waals surface area (Å²) in [5.41, 5.74) is 7.02. The van der Waals surface area contributed by atoms with Crippen LogP contribution in [0.3, 0.4) is 0 Å². The summed E-state index contributed by atoms with van der Waals surface area (Å²) in [7, 11) is -4.24. The van der Waals surface area contributed by atoms with Crippen molar-refractivity contribution < 1.29 is 14.6 Å². The molecular weight excluding hydrogens is 502 g/mol. The lowest BCUT2D eigenvalue weighted by Crippen LogP contribution is -2.41. The third-order valence-electron chi connectivity index (χ3n) is 6.44. The summed E-state index contributed by atoms with van der Waals surface area (Å²) >= 11 is 0. The average molecular weight is 540 g/mol. The fourth-order valence-electron chi connectivity index (χ4n) is 4.76. The highest BCUT2D eigenvalue weighted by molar-refractivity contribution is 7.90. The van der Waals surface area contributed by atoms with Crippen LogP contribution in [-0.4, -0.2) is 47.9 Å². The number of rotatable bonds is 8. The van der Waals surface area contributed by atoms with Gasteiger partial charge < -0.3 is 16.0 Å². The van der Waals surface area contributed by atoms with E-state index >= 15 is 0 Å². The maximum atomic E-state index is 13.4. The van der Waals surface area contributed by atoms with Crippen LogP contribution in [0.4, 0.5) is 17.5 Å². The van der Waals surface area contributed by atoms with Gasteiger partial charge in [0.25, 0.3) is 15.9 Å². The van der Waals surface area contributed by atoms with E-state index in [1.807, 2.05) is 12.1 Å². The fourth-order valence-corrected chi connectivity index (χ4v) is 5.70. The van der Waals surface area contributed by atoms with E-state index in [0.717, 1.165) is 24.3 Å². The van der Waals surface area contributed by atoms with Crippen molar-refractivity contribution in [1.29, 1.82) is 0 Å². The Morgan fingerprint density at radius 2 is 1.97 bits per heavy atom. The van der Waals surface area contributed by atoms with Crippen LogP contribution in [0.2, 0.25) is 0 Å². The van der Waals surface area contributed by atoms with E-state index in [2.05, 4.69) is 59.5 Å². The van der Waals surface area contributed by atoms with Gasteiger partial charge in [0.1, 0.15) is 17.5 Å². The fraction of sp³-hybridized carbons (Fsp3) is 0.407. The number of aromatic nitrogens is 3. The molecule has 3 aromatic rings. The predicted molar refractivity (Wildman–Crippen MR) is 151 cm³/mol. The van der Waals surface area contributed by atoms with Crippen LogP contribution in [0.1, 0.15) is 52.8 Å². The molecule has 0 radical (unpaired) electrons. The normalized spacial score (nSPS) is 17.0. The monoisotopic (exact) mass is 539 g/mol. The predicted octanol–water partition coefficient (Wildman–Crippen LogP) is 4.18. The van der Waals surface area contributed by atoms with Gasteiger partial charge in [-0.05, 0) is 68.5 Å². The van der Waals surface area contributed by atoms with E-state index in [0.29, 0.717) is 29.9 Å². The van der Waals surface area contributed by atoms with Crippen molar-refractivity contribution in [2.45, 2.75) is 51.6 Å². The van der Waals surface area contributed by atoms with Gasteiger partial charge in [-0.2, -0.15) is 8.42 Å². The Bertz CT molecular complexity index is 1450. The molecule has 1 aliphatic heterocycles. The summed E-state index contributed by atoms with van der Waals surface area (Å²) in [6.45, 7) is 12.1. The van der Waals surface area contributed by atoms with Crippen molar-refractivity contribution >= 4 is 33.4 Å². The first kappa shape index (κ1) is 27.3. The molecule has 1 fully saturated rings. The van der Waals surface area contributed by atoms with Crippen LogP contribution < -0.4 is 20.7 Å². The van der Waals surface area contributed by atoms with Gasteiger partial charge in [-0.25, -0.2) is 19.7 Å². The number of hydrogen-bond donors (Lipinski definition) is 3. The molecule has 4 rings (SSSR count). The second-order valence-corrected chi connectivity index (χ2v) is 12.5. The molecule has 3 aromatic heterocycles. The Hall–Kier alpha value is -3.73. The van der Waals surface area contributed by atoms with Crippen molar-refractivity contribution in [2.75, 3.05) is 29.0 Å². The third-order valence-corrected chi connectivity index (χ3v) is 7.68. The van der Waals surface area contributed by atoms with Crippen LogP contribution in [0.15, 0.2) is 53.7 Å². The largest absolute Gasteiger partial charge is 0.384 e. The molecule has 1 unspecified atom stereocenters. The Labute approximate surface area is 225 Å². The minimum absolute atomic E-state index is 0. The first-order valence-electron chi connectivity index (χ1n) is 12.6. The van der Waals surface area contributed by atoms with Crippen molar-refractivity contribution in [3.8, 4) is 11.3 Å². The van der Waals surface area contributed by atoms with Gasteiger partial charge in [0.05, 0.1) is 11.3 Å². The number of carbonyl (C=O) groups excluding carboxylic acids is 1. The average Bonchev–Trinajstić information content (AvgIpc) is 3.13. The quantitative estimate of drug-likeness (QED) is 0.384. The number of hydrogen-bond acceptors (Lipinski definition) is 9. The number of pyridine rings is 3. The first-order valence-corrected chi connectivity index (χ1v) is 14.1. The van der Waals surface area contributed by atoms with E-state index in [1.54, 1.807) is 18.3 Å². The van der Waals surface area contributed by atoms with Crippen molar-refractivity contribution in [2.24, 2.45) is 11.8 Å². The Morgan fingerprint density at radius 1 is 1.21 bits per heavy atom. The summed E-state index contributed by atoms with van der Waals surface area (Å²) in [6.07, 6.45) is 2.62. The SMILES string of the molecule is CC(C)CNc1cc(-c2ccc(C(=O)NS(=O)(=O)c3cccc(N)n3)c(N3CC(C)CC3(C)C)n2)ccn1.[HH]. The van der Waals surface area contributed by atoms with Crippen molar-refractivity contribution in [3.63, 3.8) is 0 Å². The van der Waals surface area contributed by atoms with Crippen molar-refractivity contribution in [3.05, 3.63) is 54.2 Å². The van der Waals surface area contributed by atoms with Gasteiger partial charge in [0.2, 0.25) is 0 Å². The molecule has 1 atom stereocenters. The standard InChI is InChI=1S/C27H35N7O3S.H2/c1-17(2)15-30-23-13-19(11-12-29-23)21-10-9-20(25(31-21)34-16-18(3)14-27(34,4)5)26(35)33-38(36,37)24-8-6-7-22(28)32-24;/h6-13,17-18H,14-16H2,1-5H3,(H2,28,32)(H,29,30)(H,33,35);1H. The molecule has 1 amide bonds. The summed E-state index contributed by atoms with van der Waals surface area (Å²) in [6, 6.07) is 11.3.